The Morgan fingerprint density at radius 2 is 1.67 bits per heavy atom. The Labute approximate surface area is 107 Å². The SMILES string of the molecule is Cc1ccc(Oc2ccc(C(C)C)cc2F)cc1. The molecule has 0 saturated heterocycles. The van der Waals surface area contributed by atoms with E-state index in [9.17, 15) is 4.39 Å². The molecule has 0 unspecified atom stereocenters. The number of benzene rings is 2. The first-order chi connectivity index (χ1) is 8.56. The van der Waals surface area contributed by atoms with Gasteiger partial charge in [-0.2, -0.15) is 0 Å². The summed E-state index contributed by atoms with van der Waals surface area (Å²) >= 11 is 0. The van der Waals surface area contributed by atoms with Crippen LogP contribution in [0.3, 0.4) is 0 Å². The van der Waals surface area contributed by atoms with Crippen LogP contribution < -0.4 is 4.74 Å². The van der Waals surface area contributed by atoms with Gasteiger partial charge in [0.1, 0.15) is 5.75 Å². The van der Waals surface area contributed by atoms with E-state index in [0.717, 1.165) is 11.1 Å². The number of aryl methyl sites for hydroxylation is 1. The molecular formula is C16H17FO. The van der Waals surface area contributed by atoms with Crippen LogP contribution in [0.5, 0.6) is 11.5 Å². The number of hydrogen-bond acceptors (Lipinski definition) is 1. The van der Waals surface area contributed by atoms with Crippen LogP contribution >= 0.6 is 0 Å². The van der Waals surface area contributed by atoms with Crippen molar-refractivity contribution >= 4 is 0 Å². The number of ether oxygens (including phenoxy) is 1. The van der Waals surface area contributed by atoms with Crippen molar-refractivity contribution in [3.05, 3.63) is 59.4 Å². The first-order valence-corrected chi connectivity index (χ1v) is 6.10. The second kappa shape index (κ2) is 5.21. The molecule has 0 heterocycles. The number of rotatable bonds is 3. The van der Waals surface area contributed by atoms with Gasteiger partial charge in [-0.3, -0.25) is 0 Å². The van der Waals surface area contributed by atoms with Crippen molar-refractivity contribution in [1.82, 2.24) is 0 Å². The van der Waals surface area contributed by atoms with Crippen LogP contribution in [0, 0.1) is 12.7 Å². The number of hydrogen-bond donors (Lipinski definition) is 0. The zero-order chi connectivity index (χ0) is 13.1. The fourth-order valence-corrected chi connectivity index (χ4v) is 1.69. The maximum absolute atomic E-state index is 13.9. The van der Waals surface area contributed by atoms with Gasteiger partial charge in [0.15, 0.2) is 11.6 Å². The molecule has 0 amide bonds. The fourth-order valence-electron chi connectivity index (χ4n) is 1.69. The second-order valence-electron chi connectivity index (χ2n) is 4.76. The van der Waals surface area contributed by atoms with Gasteiger partial charge in [-0.1, -0.05) is 37.6 Å². The van der Waals surface area contributed by atoms with E-state index in [1.807, 2.05) is 51.1 Å². The predicted molar refractivity (Wildman–Crippen MR) is 71.7 cm³/mol. The van der Waals surface area contributed by atoms with E-state index in [-0.39, 0.29) is 11.6 Å². The van der Waals surface area contributed by atoms with Gasteiger partial charge in [0.25, 0.3) is 0 Å². The first-order valence-electron chi connectivity index (χ1n) is 6.10. The molecule has 0 bridgehead atoms. The summed E-state index contributed by atoms with van der Waals surface area (Å²) in [5, 5.41) is 0. The molecule has 0 saturated carbocycles. The van der Waals surface area contributed by atoms with E-state index in [0.29, 0.717) is 11.7 Å². The molecule has 2 rings (SSSR count). The molecule has 0 aromatic heterocycles. The first kappa shape index (κ1) is 12.6. The zero-order valence-corrected chi connectivity index (χ0v) is 10.9. The minimum Gasteiger partial charge on any atom is -0.454 e. The molecule has 1 nitrogen and oxygen atoms in total. The minimum absolute atomic E-state index is 0.267. The van der Waals surface area contributed by atoms with Crippen LogP contribution in [0.15, 0.2) is 42.5 Å². The molecule has 0 atom stereocenters. The predicted octanol–water partition coefficient (Wildman–Crippen LogP) is 5.05. The molecular weight excluding hydrogens is 227 g/mol. The summed E-state index contributed by atoms with van der Waals surface area (Å²) in [7, 11) is 0. The van der Waals surface area contributed by atoms with Crippen molar-refractivity contribution in [3.63, 3.8) is 0 Å². The summed E-state index contributed by atoms with van der Waals surface area (Å²) in [6, 6.07) is 12.7. The quantitative estimate of drug-likeness (QED) is 0.734. The lowest BCUT2D eigenvalue weighted by Crippen LogP contribution is -1.92. The summed E-state index contributed by atoms with van der Waals surface area (Å²) < 4.78 is 19.4. The van der Waals surface area contributed by atoms with Gasteiger partial charge in [-0.25, -0.2) is 4.39 Å². The largest absolute Gasteiger partial charge is 0.454 e. The maximum Gasteiger partial charge on any atom is 0.166 e. The zero-order valence-electron chi connectivity index (χ0n) is 10.9. The Hall–Kier alpha value is -1.83. The van der Waals surface area contributed by atoms with E-state index < -0.39 is 0 Å². The van der Waals surface area contributed by atoms with Crippen molar-refractivity contribution in [1.29, 1.82) is 0 Å². The Morgan fingerprint density at radius 1 is 1.00 bits per heavy atom. The molecule has 2 aromatic rings. The Kier molecular flexibility index (Phi) is 3.66. The second-order valence-corrected chi connectivity index (χ2v) is 4.76. The molecule has 0 aliphatic heterocycles. The highest BCUT2D eigenvalue weighted by molar-refractivity contribution is 5.36. The fraction of sp³-hybridized carbons (Fsp3) is 0.250. The average Bonchev–Trinajstić information content (AvgIpc) is 2.34. The van der Waals surface area contributed by atoms with Crippen LogP contribution in [-0.2, 0) is 0 Å². The van der Waals surface area contributed by atoms with Crippen molar-refractivity contribution in [2.24, 2.45) is 0 Å². The topological polar surface area (TPSA) is 9.23 Å². The molecule has 18 heavy (non-hydrogen) atoms. The van der Waals surface area contributed by atoms with E-state index in [4.69, 9.17) is 4.74 Å². The lowest BCUT2D eigenvalue weighted by molar-refractivity contribution is 0.441. The summed E-state index contributed by atoms with van der Waals surface area (Å²) in [6.07, 6.45) is 0. The molecule has 0 spiro atoms. The third-order valence-electron chi connectivity index (χ3n) is 2.87. The summed E-state index contributed by atoms with van der Waals surface area (Å²) in [5.74, 6) is 0.912. The van der Waals surface area contributed by atoms with Crippen molar-refractivity contribution in [2.75, 3.05) is 0 Å². The van der Waals surface area contributed by atoms with E-state index in [1.54, 1.807) is 6.07 Å². The van der Waals surface area contributed by atoms with Crippen molar-refractivity contribution < 1.29 is 9.13 Å². The van der Waals surface area contributed by atoms with Gasteiger partial charge >= 0.3 is 0 Å². The molecule has 0 N–H and O–H groups in total. The maximum atomic E-state index is 13.9. The Balaban J connectivity index is 2.22. The lowest BCUT2D eigenvalue weighted by atomic mass is 10.0. The van der Waals surface area contributed by atoms with E-state index in [2.05, 4.69) is 0 Å². The third kappa shape index (κ3) is 2.89. The minimum atomic E-state index is -0.318. The average molecular weight is 244 g/mol. The standard InChI is InChI=1S/C16H17FO/c1-11(2)13-6-9-16(15(17)10-13)18-14-7-4-12(3)5-8-14/h4-11H,1-3H3. The summed E-state index contributed by atoms with van der Waals surface area (Å²) in [6.45, 7) is 6.08. The van der Waals surface area contributed by atoms with Crippen molar-refractivity contribution in [2.45, 2.75) is 26.7 Å². The Morgan fingerprint density at radius 3 is 2.22 bits per heavy atom. The highest BCUT2D eigenvalue weighted by Gasteiger charge is 2.07. The smallest absolute Gasteiger partial charge is 0.166 e. The molecule has 0 fully saturated rings. The van der Waals surface area contributed by atoms with Gasteiger partial charge in [-0.05, 0) is 42.7 Å². The Bertz CT molecular complexity index is 529. The molecule has 0 aliphatic rings. The van der Waals surface area contributed by atoms with Gasteiger partial charge in [0.2, 0.25) is 0 Å². The molecule has 2 aromatic carbocycles. The monoisotopic (exact) mass is 244 g/mol. The number of halogens is 1. The summed E-state index contributed by atoms with van der Waals surface area (Å²) in [5.41, 5.74) is 2.13. The van der Waals surface area contributed by atoms with Gasteiger partial charge in [-0.15, -0.1) is 0 Å². The lowest BCUT2D eigenvalue weighted by Gasteiger charge is -2.10. The molecule has 2 heteroatoms. The highest BCUT2D eigenvalue weighted by Crippen LogP contribution is 2.27. The normalized spacial score (nSPS) is 10.7. The van der Waals surface area contributed by atoms with Crippen LogP contribution in [0.4, 0.5) is 4.39 Å². The van der Waals surface area contributed by atoms with Crippen LogP contribution in [0.25, 0.3) is 0 Å². The molecule has 0 radical (unpaired) electrons. The van der Waals surface area contributed by atoms with Crippen LogP contribution in [0.2, 0.25) is 0 Å². The van der Waals surface area contributed by atoms with Gasteiger partial charge in [0.05, 0.1) is 0 Å². The van der Waals surface area contributed by atoms with E-state index >= 15 is 0 Å². The highest BCUT2D eigenvalue weighted by atomic mass is 19.1. The van der Waals surface area contributed by atoms with E-state index in [1.165, 1.54) is 6.07 Å². The van der Waals surface area contributed by atoms with Crippen LogP contribution in [0.1, 0.15) is 30.9 Å². The summed E-state index contributed by atoms with van der Waals surface area (Å²) in [4.78, 5) is 0. The molecule has 94 valence electrons. The van der Waals surface area contributed by atoms with Gasteiger partial charge in [0, 0.05) is 0 Å². The van der Waals surface area contributed by atoms with Crippen LogP contribution in [-0.4, -0.2) is 0 Å². The third-order valence-corrected chi connectivity index (χ3v) is 2.87. The van der Waals surface area contributed by atoms with Gasteiger partial charge < -0.3 is 4.74 Å². The molecule has 0 aliphatic carbocycles. The van der Waals surface area contributed by atoms with Crippen molar-refractivity contribution in [3.8, 4) is 11.5 Å².